The Labute approximate surface area is 109 Å². The molecule has 100 valence electrons. The molecule has 0 radical (unpaired) electrons. The highest BCUT2D eigenvalue weighted by Gasteiger charge is 2.21. The predicted octanol–water partition coefficient (Wildman–Crippen LogP) is 2.01. The number of carbonyl (C=O) groups excluding carboxylic acids is 1. The van der Waals surface area contributed by atoms with E-state index in [1.807, 2.05) is 17.1 Å². The first kappa shape index (κ1) is 14.4. The fourth-order valence-corrected chi connectivity index (χ4v) is 2.19. The summed E-state index contributed by atoms with van der Waals surface area (Å²) < 4.78 is 0. The van der Waals surface area contributed by atoms with Gasteiger partial charge in [0, 0.05) is 20.1 Å². The number of rotatable bonds is 4. The van der Waals surface area contributed by atoms with E-state index < -0.39 is 0 Å². The molecule has 18 heavy (non-hydrogen) atoms. The van der Waals surface area contributed by atoms with Gasteiger partial charge in [-0.05, 0) is 37.5 Å². The number of likely N-dealkylation sites (tertiary alicyclic amines) is 1. The second kappa shape index (κ2) is 7.58. The molecule has 0 aromatic rings. The first-order valence-corrected chi connectivity index (χ1v) is 6.36. The summed E-state index contributed by atoms with van der Waals surface area (Å²) in [6.07, 6.45) is 10.3. The Morgan fingerprint density at radius 2 is 2.11 bits per heavy atom. The molecule has 0 saturated carbocycles. The average molecular weight is 249 g/mol. The van der Waals surface area contributed by atoms with Crippen LogP contribution in [-0.2, 0) is 0 Å². The van der Waals surface area contributed by atoms with Crippen molar-refractivity contribution in [1.82, 2.24) is 10.2 Å². The van der Waals surface area contributed by atoms with Crippen molar-refractivity contribution in [3.05, 3.63) is 36.6 Å². The minimum atomic E-state index is 0.0280. The minimum absolute atomic E-state index is 0.0280. The number of carbonyl (C=O) groups is 1. The Morgan fingerprint density at radius 1 is 1.44 bits per heavy atom. The second-order valence-electron chi connectivity index (χ2n) is 4.59. The monoisotopic (exact) mass is 249 g/mol. The number of nitrogens with one attached hydrogen (secondary N) is 1. The van der Waals surface area contributed by atoms with Crippen LogP contribution in [0.5, 0.6) is 0 Å². The lowest BCUT2D eigenvalue weighted by Crippen LogP contribution is -2.43. The molecule has 1 saturated heterocycles. The number of allylic oxidation sites excluding steroid dienone is 4. The van der Waals surface area contributed by atoms with Gasteiger partial charge in [0.25, 0.3) is 0 Å². The molecule has 4 heteroatoms. The lowest BCUT2D eigenvalue weighted by atomic mass is 9.90. The maximum Gasteiger partial charge on any atom is 0.317 e. The maximum atomic E-state index is 11.4. The lowest BCUT2D eigenvalue weighted by Gasteiger charge is -2.31. The predicted molar refractivity (Wildman–Crippen MR) is 75.0 cm³/mol. The van der Waals surface area contributed by atoms with Crippen LogP contribution in [-0.4, -0.2) is 31.1 Å². The summed E-state index contributed by atoms with van der Waals surface area (Å²) in [4.78, 5) is 13.3. The SMILES string of the molecule is C=C(/C=C\C=C/N)CC1CCN(C(=O)NC)CC1. The van der Waals surface area contributed by atoms with Crippen molar-refractivity contribution in [1.29, 1.82) is 0 Å². The molecule has 0 bridgehead atoms. The largest absolute Gasteiger partial charge is 0.405 e. The summed E-state index contributed by atoms with van der Waals surface area (Å²) in [7, 11) is 1.67. The van der Waals surface area contributed by atoms with Gasteiger partial charge in [-0.3, -0.25) is 0 Å². The number of nitrogens with zero attached hydrogens (tertiary/aromatic N) is 1. The van der Waals surface area contributed by atoms with Crippen LogP contribution in [0.2, 0.25) is 0 Å². The van der Waals surface area contributed by atoms with E-state index in [1.165, 1.54) is 6.20 Å². The van der Waals surface area contributed by atoms with Crippen molar-refractivity contribution in [2.24, 2.45) is 11.7 Å². The summed E-state index contributed by atoms with van der Waals surface area (Å²) in [5, 5.41) is 2.66. The van der Waals surface area contributed by atoms with E-state index in [-0.39, 0.29) is 6.03 Å². The van der Waals surface area contributed by atoms with Crippen LogP contribution in [0.25, 0.3) is 0 Å². The van der Waals surface area contributed by atoms with E-state index in [4.69, 9.17) is 5.73 Å². The first-order valence-electron chi connectivity index (χ1n) is 6.36. The van der Waals surface area contributed by atoms with Gasteiger partial charge in [0.1, 0.15) is 0 Å². The van der Waals surface area contributed by atoms with Crippen LogP contribution in [0, 0.1) is 5.92 Å². The number of hydrogen-bond acceptors (Lipinski definition) is 2. The molecule has 1 heterocycles. The van der Waals surface area contributed by atoms with Gasteiger partial charge in [-0.1, -0.05) is 24.3 Å². The van der Waals surface area contributed by atoms with Crippen molar-refractivity contribution in [3.8, 4) is 0 Å². The Morgan fingerprint density at radius 3 is 2.67 bits per heavy atom. The molecule has 3 N–H and O–H groups in total. The second-order valence-corrected chi connectivity index (χ2v) is 4.59. The standard InChI is InChI=1S/C14H23N3O/c1-12(5-3-4-8-15)11-13-6-9-17(10-7-13)14(18)16-2/h3-5,8,13H,1,6-7,9-11,15H2,2H3,(H,16,18)/b5-3-,8-4-. The Hall–Kier alpha value is -1.71. The molecule has 1 fully saturated rings. The topological polar surface area (TPSA) is 58.4 Å². The van der Waals surface area contributed by atoms with Crippen molar-refractivity contribution in [3.63, 3.8) is 0 Å². The van der Waals surface area contributed by atoms with Crippen molar-refractivity contribution in [2.75, 3.05) is 20.1 Å². The van der Waals surface area contributed by atoms with Crippen molar-refractivity contribution in [2.45, 2.75) is 19.3 Å². The summed E-state index contributed by atoms with van der Waals surface area (Å²) in [6.45, 7) is 5.71. The molecule has 0 unspecified atom stereocenters. The molecule has 1 aliphatic rings. The zero-order chi connectivity index (χ0) is 13.4. The van der Waals surface area contributed by atoms with E-state index in [0.29, 0.717) is 5.92 Å². The Balaban J connectivity index is 2.31. The molecule has 0 aromatic heterocycles. The van der Waals surface area contributed by atoms with Gasteiger partial charge in [-0.15, -0.1) is 0 Å². The van der Waals surface area contributed by atoms with Crippen LogP contribution in [0.15, 0.2) is 36.6 Å². The quantitative estimate of drug-likeness (QED) is 0.749. The highest BCUT2D eigenvalue weighted by molar-refractivity contribution is 5.73. The fraction of sp³-hybridized carbons (Fsp3) is 0.500. The van der Waals surface area contributed by atoms with E-state index >= 15 is 0 Å². The van der Waals surface area contributed by atoms with Gasteiger partial charge < -0.3 is 16.0 Å². The van der Waals surface area contributed by atoms with Gasteiger partial charge >= 0.3 is 6.03 Å². The fourth-order valence-electron chi connectivity index (χ4n) is 2.19. The molecule has 0 atom stereocenters. The summed E-state index contributed by atoms with van der Waals surface area (Å²) in [6, 6.07) is 0.0280. The van der Waals surface area contributed by atoms with Crippen LogP contribution < -0.4 is 11.1 Å². The van der Waals surface area contributed by atoms with Gasteiger partial charge in [0.15, 0.2) is 0 Å². The third-order valence-corrected chi connectivity index (χ3v) is 3.22. The van der Waals surface area contributed by atoms with Crippen molar-refractivity contribution >= 4 is 6.03 Å². The summed E-state index contributed by atoms with van der Waals surface area (Å²) in [5.74, 6) is 0.630. The van der Waals surface area contributed by atoms with Gasteiger partial charge in [0.2, 0.25) is 0 Å². The first-order chi connectivity index (χ1) is 8.67. The van der Waals surface area contributed by atoms with Gasteiger partial charge in [0.05, 0.1) is 0 Å². The van der Waals surface area contributed by atoms with Crippen LogP contribution in [0.3, 0.4) is 0 Å². The lowest BCUT2D eigenvalue weighted by molar-refractivity contribution is 0.172. The maximum absolute atomic E-state index is 11.4. The molecule has 0 aliphatic carbocycles. The third kappa shape index (κ3) is 4.65. The van der Waals surface area contributed by atoms with Crippen LogP contribution in [0.4, 0.5) is 4.79 Å². The average Bonchev–Trinajstić information content (AvgIpc) is 2.39. The Bertz CT molecular complexity index is 339. The number of urea groups is 1. The minimum Gasteiger partial charge on any atom is -0.405 e. The zero-order valence-electron chi connectivity index (χ0n) is 11.1. The number of piperidine rings is 1. The molecular formula is C14H23N3O. The number of hydrogen-bond donors (Lipinski definition) is 2. The van der Waals surface area contributed by atoms with E-state index in [9.17, 15) is 4.79 Å². The summed E-state index contributed by atoms with van der Waals surface area (Å²) >= 11 is 0. The van der Waals surface area contributed by atoms with Crippen molar-refractivity contribution < 1.29 is 4.79 Å². The molecule has 1 aliphatic heterocycles. The van der Waals surface area contributed by atoms with E-state index in [2.05, 4.69) is 11.9 Å². The smallest absolute Gasteiger partial charge is 0.317 e. The normalized spacial score (nSPS) is 17.5. The van der Waals surface area contributed by atoms with Crippen LogP contribution >= 0.6 is 0 Å². The molecule has 0 aromatic carbocycles. The molecule has 0 spiro atoms. The van der Waals surface area contributed by atoms with Crippen LogP contribution in [0.1, 0.15) is 19.3 Å². The zero-order valence-corrected chi connectivity index (χ0v) is 11.1. The molecule has 1 rings (SSSR count). The third-order valence-electron chi connectivity index (χ3n) is 3.22. The van der Waals surface area contributed by atoms with Gasteiger partial charge in [-0.2, -0.15) is 0 Å². The van der Waals surface area contributed by atoms with Gasteiger partial charge in [-0.25, -0.2) is 4.79 Å². The summed E-state index contributed by atoms with van der Waals surface area (Å²) in [5.41, 5.74) is 6.37. The molecule has 2 amide bonds. The molecular weight excluding hydrogens is 226 g/mol. The molecule has 4 nitrogen and oxygen atoms in total. The number of nitrogens with two attached hydrogens (primary N) is 1. The Kier molecular flexibility index (Phi) is 6.05. The van der Waals surface area contributed by atoms with E-state index in [1.54, 1.807) is 13.1 Å². The highest BCUT2D eigenvalue weighted by atomic mass is 16.2. The van der Waals surface area contributed by atoms with E-state index in [0.717, 1.165) is 37.9 Å². The highest BCUT2D eigenvalue weighted by Crippen LogP contribution is 2.23. The number of amides is 2.